The first-order chi connectivity index (χ1) is 5.38. The van der Waals surface area contributed by atoms with Gasteiger partial charge in [0.15, 0.2) is 0 Å². The van der Waals surface area contributed by atoms with Gasteiger partial charge in [0.05, 0.1) is 5.01 Å². The normalized spacial score (nSPS) is 17.2. The molecule has 1 heterocycles. The zero-order chi connectivity index (χ0) is 7.68. The Morgan fingerprint density at radius 3 is 3.00 bits per heavy atom. The average Bonchev–Trinajstić information content (AvgIpc) is 2.68. The van der Waals surface area contributed by atoms with Gasteiger partial charge < -0.3 is 5.73 Å². The van der Waals surface area contributed by atoms with Crippen LogP contribution in [0.1, 0.15) is 22.7 Å². The second-order valence-electron chi connectivity index (χ2n) is 3.07. The number of rotatable bonds is 3. The molecule has 0 spiro atoms. The Morgan fingerprint density at radius 1 is 1.64 bits per heavy atom. The van der Waals surface area contributed by atoms with Crippen LogP contribution in [0.15, 0.2) is 6.20 Å². The first-order valence-corrected chi connectivity index (χ1v) is 4.84. The highest BCUT2D eigenvalue weighted by Crippen LogP contribution is 2.33. The maximum Gasteiger partial charge on any atom is 0.0930 e. The van der Waals surface area contributed by atoms with Gasteiger partial charge in [-0.3, -0.25) is 0 Å². The van der Waals surface area contributed by atoms with Crippen LogP contribution in [0.25, 0.3) is 0 Å². The van der Waals surface area contributed by atoms with E-state index >= 15 is 0 Å². The van der Waals surface area contributed by atoms with Crippen molar-refractivity contribution in [2.24, 2.45) is 11.7 Å². The molecule has 1 aliphatic rings. The molecule has 1 fully saturated rings. The maximum absolute atomic E-state index is 5.48. The molecule has 1 aromatic rings. The number of nitrogens with zero attached hydrogens (tertiary/aromatic N) is 1. The summed E-state index contributed by atoms with van der Waals surface area (Å²) in [6.07, 6.45) is 5.89. The minimum absolute atomic E-state index is 0.641. The van der Waals surface area contributed by atoms with Crippen LogP contribution in [0.5, 0.6) is 0 Å². The molecule has 0 amide bonds. The number of nitrogens with two attached hydrogens (primary N) is 1. The van der Waals surface area contributed by atoms with Gasteiger partial charge in [-0.1, -0.05) is 0 Å². The monoisotopic (exact) mass is 168 g/mol. The summed E-state index contributed by atoms with van der Waals surface area (Å²) in [7, 11) is 0. The Morgan fingerprint density at radius 2 is 2.45 bits per heavy atom. The molecule has 2 nitrogen and oxygen atoms in total. The van der Waals surface area contributed by atoms with Gasteiger partial charge in [-0.25, -0.2) is 4.98 Å². The third-order valence-electron chi connectivity index (χ3n) is 1.96. The van der Waals surface area contributed by atoms with Crippen molar-refractivity contribution in [3.63, 3.8) is 0 Å². The second-order valence-corrected chi connectivity index (χ2v) is 4.27. The third kappa shape index (κ3) is 1.79. The van der Waals surface area contributed by atoms with E-state index in [9.17, 15) is 0 Å². The highest BCUT2D eigenvalue weighted by Gasteiger charge is 2.22. The largest absolute Gasteiger partial charge is 0.326 e. The molecule has 3 heteroatoms. The van der Waals surface area contributed by atoms with Crippen LogP contribution in [-0.4, -0.2) is 4.98 Å². The Labute approximate surface area is 70.5 Å². The molecule has 0 radical (unpaired) electrons. The van der Waals surface area contributed by atoms with Crippen molar-refractivity contribution in [1.82, 2.24) is 4.98 Å². The molecule has 60 valence electrons. The molecule has 1 aromatic heterocycles. The summed E-state index contributed by atoms with van der Waals surface area (Å²) in [6.45, 7) is 0.641. The lowest BCUT2D eigenvalue weighted by molar-refractivity contribution is 0.824. The van der Waals surface area contributed by atoms with Crippen molar-refractivity contribution in [3.05, 3.63) is 16.1 Å². The lowest BCUT2D eigenvalue weighted by Crippen LogP contribution is -1.91. The summed E-state index contributed by atoms with van der Waals surface area (Å²) in [6, 6.07) is 0. The molecule has 0 atom stereocenters. The van der Waals surface area contributed by atoms with Crippen LogP contribution >= 0.6 is 11.3 Å². The van der Waals surface area contributed by atoms with E-state index in [0.717, 1.165) is 5.92 Å². The zero-order valence-electron chi connectivity index (χ0n) is 6.42. The molecule has 1 saturated carbocycles. The van der Waals surface area contributed by atoms with Gasteiger partial charge in [0.1, 0.15) is 0 Å². The fourth-order valence-corrected chi connectivity index (χ4v) is 2.02. The van der Waals surface area contributed by atoms with Crippen LogP contribution in [0, 0.1) is 5.92 Å². The quantitative estimate of drug-likeness (QED) is 0.743. The molecule has 0 bridgehead atoms. The van der Waals surface area contributed by atoms with Crippen LogP contribution in [-0.2, 0) is 13.0 Å². The lowest BCUT2D eigenvalue weighted by Gasteiger charge is -1.88. The van der Waals surface area contributed by atoms with E-state index < -0.39 is 0 Å². The van der Waals surface area contributed by atoms with E-state index in [4.69, 9.17) is 5.73 Å². The van der Waals surface area contributed by atoms with E-state index in [1.54, 1.807) is 11.3 Å². The van der Waals surface area contributed by atoms with Crippen LogP contribution in [0.4, 0.5) is 0 Å². The second kappa shape index (κ2) is 2.91. The minimum atomic E-state index is 0.641. The third-order valence-corrected chi connectivity index (χ3v) is 3.00. The smallest absolute Gasteiger partial charge is 0.0930 e. The van der Waals surface area contributed by atoms with E-state index in [2.05, 4.69) is 4.98 Å². The zero-order valence-corrected chi connectivity index (χ0v) is 7.23. The lowest BCUT2D eigenvalue weighted by atomic mass is 10.3. The predicted octanol–water partition coefficient (Wildman–Crippen LogP) is 1.55. The van der Waals surface area contributed by atoms with Crippen LogP contribution in [0.2, 0.25) is 0 Å². The molecule has 2 N–H and O–H groups in total. The van der Waals surface area contributed by atoms with Crippen molar-refractivity contribution >= 4 is 11.3 Å². The molecular weight excluding hydrogens is 156 g/mol. The van der Waals surface area contributed by atoms with Crippen molar-refractivity contribution in [2.75, 3.05) is 0 Å². The average molecular weight is 168 g/mol. The van der Waals surface area contributed by atoms with E-state index in [0.29, 0.717) is 6.54 Å². The highest BCUT2D eigenvalue weighted by atomic mass is 32.1. The Kier molecular flexibility index (Phi) is 1.92. The highest BCUT2D eigenvalue weighted by molar-refractivity contribution is 7.11. The molecule has 0 saturated heterocycles. The molecule has 2 rings (SSSR count). The molecule has 0 aromatic carbocycles. The number of aromatic nitrogens is 1. The van der Waals surface area contributed by atoms with Crippen molar-refractivity contribution in [2.45, 2.75) is 25.8 Å². The molecule has 0 unspecified atom stereocenters. The van der Waals surface area contributed by atoms with Crippen molar-refractivity contribution < 1.29 is 0 Å². The maximum atomic E-state index is 5.48. The Bertz CT molecular complexity index is 240. The van der Waals surface area contributed by atoms with Gasteiger partial charge in [0.2, 0.25) is 0 Å². The topological polar surface area (TPSA) is 38.9 Å². The predicted molar refractivity (Wildman–Crippen MR) is 46.4 cm³/mol. The van der Waals surface area contributed by atoms with Gasteiger partial charge in [-0.2, -0.15) is 0 Å². The molecular formula is C8H12N2S. The molecule has 1 aliphatic carbocycles. The fourth-order valence-electron chi connectivity index (χ4n) is 1.11. The Balaban J connectivity index is 1.99. The van der Waals surface area contributed by atoms with Crippen molar-refractivity contribution in [3.8, 4) is 0 Å². The SMILES string of the molecule is NCc1cnc(CC2CC2)s1. The summed E-state index contributed by atoms with van der Waals surface area (Å²) in [5, 5.41) is 1.27. The standard InChI is InChI=1S/C8H12N2S/c9-4-7-5-10-8(11-7)3-6-1-2-6/h5-6H,1-4,9H2. The number of hydrogen-bond acceptors (Lipinski definition) is 3. The fraction of sp³-hybridized carbons (Fsp3) is 0.625. The first kappa shape index (κ1) is 7.25. The summed E-state index contributed by atoms with van der Waals surface area (Å²) in [5.74, 6) is 0.937. The van der Waals surface area contributed by atoms with Gasteiger partial charge in [-0.15, -0.1) is 11.3 Å². The number of thiazole rings is 1. The first-order valence-electron chi connectivity index (χ1n) is 4.02. The van der Waals surface area contributed by atoms with E-state index in [1.165, 1.54) is 29.1 Å². The summed E-state index contributed by atoms with van der Waals surface area (Å²) >= 11 is 1.77. The van der Waals surface area contributed by atoms with Crippen molar-refractivity contribution in [1.29, 1.82) is 0 Å². The van der Waals surface area contributed by atoms with Crippen LogP contribution < -0.4 is 5.73 Å². The molecule has 0 aliphatic heterocycles. The number of hydrogen-bond donors (Lipinski definition) is 1. The summed E-state index contributed by atoms with van der Waals surface area (Å²) in [4.78, 5) is 5.51. The summed E-state index contributed by atoms with van der Waals surface area (Å²) in [5.41, 5.74) is 5.48. The molecule has 11 heavy (non-hydrogen) atoms. The van der Waals surface area contributed by atoms with Gasteiger partial charge in [0, 0.05) is 24.0 Å². The Hall–Kier alpha value is -0.410. The van der Waals surface area contributed by atoms with E-state index in [-0.39, 0.29) is 0 Å². The van der Waals surface area contributed by atoms with E-state index in [1.807, 2.05) is 6.20 Å². The summed E-state index contributed by atoms with van der Waals surface area (Å²) < 4.78 is 0. The van der Waals surface area contributed by atoms with Crippen LogP contribution in [0.3, 0.4) is 0 Å². The van der Waals surface area contributed by atoms with Gasteiger partial charge in [0.25, 0.3) is 0 Å². The minimum Gasteiger partial charge on any atom is -0.326 e. The van der Waals surface area contributed by atoms with Gasteiger partial charge >= 0.3 is 0 Å². The van der Waals surface area contributed by atoms with Gasteiger partial charge in [-0.05, 0) is 18.8 Å².